The van der Waals surface area contributed by atoms with Crippen LogP contribution in [0.4, 0.5) is 0 Å². The Kier molecular flexibility index (Phi) is 13.0. The molecule has 0 bridgehead atoms. The first-order chi connectivity index (χ1) is 28.2. The second-order valence-electron chi connectivity index (χ2n) is 15.7. The minimum Gasteiger partial charge on any atom is -0.358 e. The van der Waals surface area contributed by atoms with Crippen LogP contribution in [0.1, 0.15) is 43.5 Å². The van der Waals surface area contributed by atoms with Crippen LogP contribution in [-0.2, 0) is 11.2 Å². The van der Waals surface area contributed by atoms with Gasteiger partial charge in [-0.2, -0.15) is 0 Å². The van der Waals surface area contributed by atoms with Crippen LogP contribution < -0.4 is 31.9 Å². The molecule has 58 heavy (non-hydrogen) atoms. The summed E-state index contributed by atoms with van der Waals surface area (Å²) in [6.45, 7) is 6.66. The van der Waals surface area contributed by atoms with Crippen LogP contribution in [0, 0.1) is 5.41 Å². The fraction of sp³-hybridized carbons (Fsp3) is 0.176. The number of thiocarbonyl (C=S) groups is 1. The third-order valence-corrected chi connectivity index (χ3v) is 14.5. The zero-order valence-electron chi connectivity index (χ0n) is 33.3. The molecule has 0 unspecified atom stereocenters. The Hall–Kier alpha value is -5.81. The van der Waals surface area contributed by atoms with Gasteiger partial charge in [0.1, 0.15) is 6.04 Å². The molecule has 0 spiro atoms. The van der Waals surface area contributed by atoms with Gasteiger partial charge in [-0.05, 0) is 51.5 Å². The molecule has 7 rings (SSSR count). The molecule has 0 aliphatic rings. The maximum absolute atomic E-state index is 14.5. The maximum Gasteiger partial charge on any atom is 0.243 e. The summed E-state index contributed by atoms with van der Waals surface area (Å²) in [5.41, 5.74) is 2.75. The lowest BCUT2D eigenvalue weighted by molar-refractivity contribution is -0.125. The highest BCUT2D eigenvalue weighted by atomic mass is 32.1. The minimum atomic E-state index is -2.49. The average molecular weight is 799 g/mol. The molecule has 0 radical (unpaired) electrons. The lowest BCUT2D eigenvalue weighted by Crippen LogP contribution is -2.57. The lowest BCUT2D eigenvalue weighted by Gasteiger charge is -2.34. The molecular formula is C51H51N4OPS. The quantitative estimate of drug-likeness (QED) is 0.0804. The Labute approximate surface area is 349 Å². The van der Waals surface area contributed by atoms with Gasteiger partial charge < -0.3 is 16.0 Å². The first kappa shape index (κ1) is 40.4. The molecular weight excluding hydrogens is 748 g/mol. The predicted molar refractivity (Wildman–Crippen MR) is 249 cm³/mol. The molecule has 0 aliphatic carbocycles. The van der Waals surface area contributed by atoms with Gasteiger partial charge in [0.25, 0.3) is 0 Å². The van der Waals surface area contributed by atoms with Gasteiger partial charge in [0.05, 0.1) is 25.7 Å². The number of carbonyl (C=O) groups is 1. The molecule has 292 valence electrons. The van der Waals surface area contributed by atoms with Gasteiger partial charge in [-0.15, -0.1) is 0 Å². The summed E-state index contributed by atoms with van der Waals surface area (Å²) in [5, 5.41) is 16.9. The molecule has 0 heterocycles. The van der Waals surface area contributed by atoms with Crippen LogP contribution in [0.3, 0.4) is 0 Å². The molecule has 7 aromatic carbocycles. The number of nitrogens with one attached hydrogen (secondary N) is 3. The largest absolute Gasteiger partial charge is 0.358 e. The second-order valence-corrected chi connectivity index (χ2v) is 19.2. The van der Waals surface area contributed by atoms with E-state index < -0.39 is 18.5 Å². The zero-order chi connectivity index (χ0) is 40.4. The van der Waals surface area contributed by atoms with Crippen molar-refractivity contribution in [1.29, 1.82) is 0 Å². The highest BCUT2D eigenvalue weighted by Crippen LogP contribution is 2.46. The fourth-order valence-electron chi connectivity index (χ4n) is 7.65. The van der Waals surface area contributed by atoms with Gasteiger partial charge in [-0.3, -0.25) is 9.54 Å². The SMILES string of the molecule is CC(C)(C)[C@@H](NC(=S)N[C@H](CN=P(c1ccccc1)(c1ccccc1)c1ccccc1)Cc1cccc2ccccc12)C(=O)NC(c1ccccc1)c1ccccc1. The van der Waals surface area contributed by atoms with Crippen molar-refractivity contribution >= 4 is 57.0 Å². The van der Waals surface area contributed by atoms with Crippen molar-refractivity contribution in [3.63, 3.8) is 0 Å². The van der Waals surface area contributed by atoms with Crippen molar-refractivity contribution in [3.8, 4) is 0 Å². The van der Waals surface area contributed by atoms with Crippen molar-refractivity contribution < 1.29 is 4.79 Å². The summed E-state index contributed by atoms with van der Waals surface area (Å²) < 4.78 is 5.85. The van der Waals surface area contributed by atoms with E-state index in [4.69, 9.17) is 17.0 Å². The summed E-state index contributed by atoms with van der Waals surface area (Å²) in [4.78, 5) is 14.5. The number of carbonyl (C=O) groups excluding carboxylic acids is 1. The van der Waals surface area contributed by atoms with Crippen LogP contribution in [-0.4, -0.2) is 29.6 Å². The third kappa shape index (κ3) is 9.48. The van der Waals surface area contributed by atoms with Crippen LogP contribution in [0.15, 0.2) is 199 Å². The van der Waals surface area contributed by atoms with Gasteiger partial charge in [0.15, 0.2) is 5.11 Å². The summed E-state index contributed by atoms with van der Waals surface area (Å²) >= 11 is 6.16. The normalized spacial score (nSPS) is 12.7. The molecule has 0 fully saturated rings. The van der Waals surface area contributed by atoms with Crippen molar-refractivity contribution in [1.82, 2.24) is 16.0 Å². The van der Waals surface area contributed by atoms with Crippen molar-refractivity contribution in [3.05, 3.63) is 211 Å². The average Bonchev–Trinajstić information content (AvgIpc) is 3.26. The number of hydrogen-bond acceptors (Lipinski definition) is 3. The topological polar surface area (TPSA) is 65.5 Å². The summed E-state index contributed by atoms with van der Waals surface area (Å²) in [5.74, 6) is -0.133. The first-order valence-corrected chi connectivity index (χ1v) is 22.1. The van der Waals surface area contributed by atoms with E-state index in [1.165, 1.54) is 32.2 Å². The molecule has 0 saturated heterocycles. The lowest BCUT2D eigenvalue weighted by atomic mass is 9.85. The second kappa shape index (κ2) is 18.6. The molecule has 1 amide bonds. The first-order valence-electron chi connectivity index (χ1n) is 19.9. The molecule has 0 aliphatic heterocycles. The Morgan fingerprint density at radius 2 is 1.02 bits per heavy atom. The summed E-state index contributed by atoms with van der Waals surface area (Å²) in [6, 6.07) is 66.1. The van der Waals surface area contributed by atoms with E-state index in [9.17, 15) is 4.79 Å². The van der Waals surface area contributed by atoms with Gasteiger partial charge >= 0.3 is 0 Å². The predicted octanol–water partition coefficient (Wildman–Crippen LogP) is 9.71. The van der Waals surface area contributed by atoms with Crippen LogP contribution >= 0.6 is 19.3 Å². The molecule has 7 aromatic rings. The van der Waals surface area contributed by atoms with E-state index in [1.54, 1.807) is 0 Å². The minimum absolute atomic E-state index is 0.133. The van der Waals surface area contributed by atoms with E-state index in [-0.39, 0.29) is 18.0 Å². The standard InChI is InChI=1S/C51H51N4OPS/c1-51(2,3)48(49(56)54-47(39-23-9-4-10-24-39)40-25-11-5-12-26-40)55-50(58)53-42(36-41-28-21-27-38-22-19-20-35-46(38)41)37-52-57(43-29-13-6-14-30-43,44-31-15-7-16-32-44)45-33-17-8-18-34-45/h4-35,42,47-48H,36-37H2,1-3H3,(H,54,56)(H2,53,55,58)/t42-,48-/m0/s1. The summed E-state index contributed by atoms with van der Waals surface area (Å²) in [7, 11) is -2.49. The number of fused-ring (bicyclic) bond motifs is 1. The Morgan fingerprint density at radius 1 is 0.569 bits per heavy atom. The highest BCUT2D eigenvalue weighted by Gasteiger charge is 2.34. The van der Waals surface area contributed by atoms with E-state index in [0.29, 0.717) is 18.1 Å². The smallest absolute Gasteiger partial charge is 0.243 e. The van der Waals surface area contributed by atoms with E-state index in [0.717, 1.165) is 11.1 Å². The van der Waals surface area contributed by atoms with Crippen molar-refractivity contribution in [2.75, 3.05) is 6.54 Å². The van der Waals surface area contributed by atoms with Gasteiger partial charge in [0, 0.05) is 15.9 Å². The number of rotatable bonds is 13. The maximum atomic E-state index is 14.5. The highest BCUT2D eigenvalue weighted by molar-refractivity contribution is 7.87. The molecule has 2 atom stereocenters. The van der Waals surface area contributed by atoms with E-state index >= 15 is 0 Å². The van der Waals surface area contributed by atoms with Gasteiger partial charge in [-0.25, -0.2) is 0 Å². The third-order valence-electron chi connectivity index (χ3n) is 10.5. The Balaban J connectivity index is 1.25. The molecule has 7 heteroatoms. The van der Waals surface area contributed by atoms with Crippen molar-refractivity contribution in [2.45, 2.75) is 45.3 Å². The summed E-state index contributed by atoms with van der Waals surface area (Å²) in [6.07, 6.45) is 0.668. The van der Waals surface area contributed by atoms with E-state index in [2.05, 4.69) is 170 Å². The number of nitrogens with zero attached hydrogens (tertiary/aromatic N) is 1. The molecule has 0 aromatic heterocycles. The molecule has 3 N–H and O–H groups in total. The number of benzene rings is 7. The molecule has 5 nitrogen and oxygen atoms in total. The number of hydrogen-bond donors (Lipinski definition) is 3. The van der Waals surface area contributed by atoms with Gasteiger partial charge in [-0.1, -0.05) is 215 Å². The van der Waals surface area contributed by atoms with Crippen molar-refractivity contribution in [2.24, 2.45) is 10.2 Å². The van der Waals surface area contributed by atoms with E-state index in [1.807, 2.05) is 60.7 Å². The number of amides is 1. The monoisotopic (exact) mass is 798 g/mol. The fourth-order valence-corrected chi connectivity index (χ4v) is 11.6. The molecule has 0 saturated carbocycles. The Bertz CT molecular complexity index is 2330. The van der Waals surface area contributed by atoms with Crippen LogP contribution in [0.25, 0.3) is 10.8 Å². The van der Waals surface area contributed by atoms with Gasteiger partial charge in [0.2, 0.25) is 5.91 Å². The van der Waals surface area contributed by atoms with Crippen LogP contribution in [0.2, 0.25) is 0 Å². The zero-order valence-corrected chi connectivity index (χ0v) is 35.0. The Morgan fingerprint density at radius 3 is 1.52 bits per heavy atom. The van der Waals surface area contributed by atoms with Crippen LogP contribution in [0.5, 0.6) is 0 Å².